The number of piperazine rings is 1. The van der Waals surface area contributed by atoms with Crippen LogP contribution in [0.4, 0.5) is 5.69 Å². The molecule has 0 atom stereocenters. The van der Waals surface area contributed by atoms with Gasteiger partial charge in [0, 0.05) is 37.7 Å². The number of ether oxygens (including phenoxy) is 1. The van der Waals surface area contributed by atoms with E-state index in [1.165, 1.54) is 17.5 Å². The van der Waals surface area contributed by atoms with E-state index in [0.717, 1.165) is 5.69 Å². The second-order valence-corrected chi connectivity index (χ2v) is 9.69. The van der Waals surface area contributed by atoms with Crippen LogP contribution in [-0.2, 0) is 10.0 Å². The Morgan fingerprint density at radius 1 is 1.10 bits per heavy atom. The summed E-state index contributed by atoms with van der Waals surface area (Å²) in [5, 5.41) is 3.67. The standard InChI is InChI=1S/C20H23Cl2N3O4S/c1-29-19-7-6-15(21)14-16(19)20(26)23-8-13-30(27,28)25-11-9-24(10-12-25)18-5-3-2-4-17(18)22/h2-7,14H,8-13H2,1H3,(H,23,26). The summed E-state index contributed by atoms with van der Waals surface area (Å²) in [5.74, 6) is -0.253. The van der Waals surface area contributed by atoms with Gasteiger partial charge in [0.05, 0.1) is 29.1 Å². The van der Waals surface area contributed by atoms with E-state index in [1.807, 2.05) is 24.3 Å². The minimum Gasteiger partial charge on any atom is -0.496 e. The first-order valence-corrected chi connectivity index (χ1v) is 11.8. The summed E-state index contributed by atoms with van der Waals surface area (Å²) in [6.07, 6.45) is 0. The number of halogens is 2. The molecule has 1 aliphatic heterocycles. The largest absolute Gasteiger partial charge is 0.496 e. The number of anilines is 1. The van der Waals surface area contributed by atoms with Crippen molar-refractivity contribution in [1.29, 1.82) is 0 Å². The molecule has 2 aromatic carbocycles. The average molecular weight is 472 g/mol. The van der Waals surface area contributed by atoms with Gasteiger partial charge in [-0.05, 0) is 30.3 Å². The fraction of sp³-hybridized carbons (Fsp3) is 0.350. The molecule has 0 radical (unpaired) electrons. The molecule has 0 saturated carbocycles. The Bertz CT molecular complexity index is 1010. The van der Waals surface area contributed by atoms with Gasteiger partial charge in [0.25, 0.3) is 5.91 Å². The van der Waals surface area contributed by atoms with Crippen LogP contribution in [0.1, 0.15) is 10.4 Å². The molecule has 10 heteroatoms. The fourth-order valence-electron chi connectivity index (χ4n) is 3.29. The first kappa shape index (κ1) is 22.7. The summed E-state index contributed by atoms with van der Waals surface area (Å²) < 4.78 is 32.0. The van der Waals surface area contributed by atoms with E-state index >= 15 is 0 Å². The lowest BCUT2D eigenvalue weighted by Crippen LogP contribution is -2.50. The first-order chi connectivity index (χ1) is 14.3. The maximum atomic E-state index is 12.7. The predicted molar refractivity (Wildman–Crippen MR) is 119 cm³/mol. The Morgan fingerprint density at radius 2 is 1.80 bits per heavy atom. The molecule has 3 rings (SSSR count). The third-order valence-corrected chi connectivity index (χ3v) is 7.30. The quantitative estimate of drug-likeness (QED) is 0.671. The lowest BCUT2D eigenvalue weighted by Gasteiger charge is -2.35. The van der Waals surface area contributed by atoms with Crippen molar-refractivity contribution in [3.8, 4) is 5.75 Å². The molecule has 7 nitrogen and oxygen atoms in total. The Morgan fingerprint density at radius 3 is 2.47 bits per heavy atom. The van der Waals surface area contributed by atoms with Crippen molar-refractivity contribution < 1.29 is 17.9 Å². The maximum Gasteiger partial charge on any atom is 0.255 e. The summed E-state index contributed by atoms with van der Waals surface area (Å²) in [6.45, 7) is 1.82. The number of nitrogens with zero attached hydrogens (tertiary/aromatic N) is 2. The Hall–Kier alpha value is -2.00. The van der Waals surface area contributed by atoms with Crippen molar-refractivity contribution in [3.63, 3.8) is 0 Å². The highest BCUT2D eigenvalue weighted by Crippen LogP contribution is 2.26. The molecule has 0 aromatic heterocycles. The molecule has 1 N–H and O–H groups in total. The van der Waals surface area contributed by atoms with E-state index in [0.29, 0.717) is 42.0 Å². The average Bonchev–Trinajstić information content (AvgIpc) is 2.74. The molecule has 0 spiro atoms. The fourth-order valence-corrected chi connectivity index (χ4v) is 5.06. The molecule has 1 amide bonds. The molecule has 1 fully saturated rings. The number of carbonyl (C=O) groups excluding carboxylic acids is 1. The summed E-state index contributed by atoms with van der Waals surface area (Å²) >= 11 is 12.2. The molecule has 1 saturated heterocycles. The van der Waals surface area contributed by atoms with E-state index in [-0.39, 0.29) is 17.9 Å². The first-order valence-electron chi connectivity index (χ1n) is 9.41. The number of nitrogens with one attached hydrogen (secondary N) is 1. The number of amides is 1. The Balaban J connectivity index is 1.53. The lowest BCUT2D eigenvalue weighted by atomic mass is 10.2. The number of carbonyl (C=O) groups is 1. The highest BCUT2D eigenvalue weighted by atomic mass is 35.5. The van der Waals surface area contributed by atoms with Gasteiger partial charge in [-0.1, -0.05) is 35.3 Å². The second-order valence-electron chi connectivity index (χ2n) is 6.75. The molecular formula is C20H23Cl2N3O4S. The monoisotopic (exact) mass is 471 g/mol. The zero-order valence-electron chi connectivity index (χ0n) is 16.5. The van der Waals surface area contributed by atoms with E-state index in [9.17, 15) is 13.2 Å². The molecule has 1 aliphatic rings. The molecule has 162 valence electrons. The minimum absolute atomic E-state index is 0.0123. The number of rotatable bonds is 7. The van der Waals surface area contributed by atoms with Crippen LogP contribution in [0.3, 0.4) is 0 Å². The second kappa shape index (κ2) is 9.87. The molecule has 2 aromatic rings. The van der Waals surface area contributed by atoms with Crippen molar-refractivity contribution in [2.45, 2.75) is 0 Å². The zero-order chi connectivity index (χ0) is 21.7. The van der Waals surface area contributed by atoms with Crippen LogP contribution < -0.4 is 15.0 Å². The third-order valence-electron chi connectivity index (χ3n) is 4.88. The van der Waals surface area contributed by atoms with E-state index in [1.54, 1.807) is 12.1 Å². The van der Waals surface area contributed by atoms with Gasteiger partial charge in [-0.2, -0.15) is 4.31 Å². The van der Waals surface area contributed by atoms with Crippen LogP contribution in [-0.4, -0.2) is 64.2 Å². The zero-order valence-corrected chi connectivity index (χ0v) is 18.8. The lowest BCUT2D eigenvalue weighted by molar-refractivity contribution is 0.0953. The highest BCUT2D eigenvalue weighted by molar-refractivity contribution is 7.89. The van der Waals surface area contributed by atoms with Crippen molar-refractivity contribution >= 4 is 44.8 Å². The van der Waals surface area contributed by atoms with Crippen LogP contribution >= 0.6 is 23.2 Å². The van der Waals surface area contributed by atoms with Gasteiger partial charge in [0.15, 0.2) is 0 Å². The van der Waals surface area contributed by atoms with Crippen molar-refractivity contribution in [2.24, 2.45) is 0 Å². The van der Waals surface area contributed by atoms with Gasteiger partial charge < -0.3 is 15.0 Å². The number of hydrogen-bond donors (Lipinski definition) is 1. The van der Waals surface area contributed by atoms with Crippen LogP contribution in [0.5, 0.6) is 5.75 Å². The number of methoxy groups -OCH3 is 1. The molecule has 0 bridgehead atoms. The number of para-hydroxylation sites is 1. The van der Waals surface area contributed by atoms with Gasteiger partial charge in [0.1, 0.15) is 5.75 Å². The van der Waals surface area contributed by atoms with Crippen molar-refractivity contribution in [2.75, 3.05) is 50.5 Å². The Kier molecular flexibility index (Phi) is 7.46. The summed E-state index contributed by atoms with van der Waals surface area (Å²) in [6, 6.07) is 12.2. The molecule has 0 unspecified atom stereocenters. The van der Waals surface area contributed by atoms with Crippen LogP contribution in [0.2, 0.25) is 10.0 Å². The molecule has 1 heterocycles. The van der Waals surface area contributed by atoms with Gasteiger partial charge in [-0.15, -0.1) is 0 Å². The number of hydrogen-bond acceptors (Lipinski definition) is 5. The van der Waals surface area contributed by atoms with Crippen LogP contribution in [0.25, 0.3) is 0 Å². The number of sulfonamides is 1. The SMILES string of the molecule is COc1ccc(Cl)cc1C(=O)NCCS(=O)(=O)N1CCN(c2ccccc2Cl)CC1. The van der Waals surface area contributed by atoms with Crippen molar-refractivity contribution in [1.82, 2.24) is 9.62 Å². The van der Waals surface area contributed by atoms with Gasteiger partial charge >= 0.3 is 0 Å². The summed E-state index contributed by atoms with van der Waals surface area (Å²) in [7, 11) is -2.05. The Labute approximate surface area is 186 Å². The maximum absolute atomic E-state index is 12.7. The minimum atomic E-state index is -3.50. The van der Waals surface area contributed by atoms with Gasteiger partial charge in [0.2, 0.25) is 10.0 Å². The van der Waals surface area contributed by atoms with Gasteiger partial charge in [-0.25, -0.2) is 8.42 Å². The van der Waals surface area contributed by atoms with E-state index in [4.69, 9.17) is 27.9 Å². The molecular weight excluding hydrogens is 449 g/mol. The van der Waals surface area contributed by atoms with E-state index in [2.05, 4.69) is 10.2 Å². The van der Waals surface area contributed by atoms with E-state index < -0.39 is 15.9 Å². The van der Waals surface area contributed by atoms with Crippen LogP contribution in [0.15, 0.2) is 42.5 Å². The third kappa shape index (κ3) is 5.37. The smallest absolute Gasteiger partial charge is 0.255 e. The molecule has 30 heavy (non-hydrogen) atoms. The van der Waals surface area contributed by atoms with Crippen molar-refractivity contribution in [3.05, 3.63) is 58.1 Å². The summed E-state index contributed by atoms with van der Waals surface area (Å²) in [4.78, 5) is 14.5. The predicted octanol–water partition coefficient (Wildman–Crippen LogP) is 2.88. The highest BCUT2D eigenvalue weighted by Gasteiger charge is 2.27. The normalized spacial score (nSPS) is 15.1. The van der Waals surface area contributed by atoms with Crippen LogP contribution in [0, 0.1) is 0 Å². The summed E-state index contributed by atoms with van der Waals surface area (Å²) in [5.41, 5.74) is 1.16. The number of benzene rings is 2. The van der Waals surface area contributed by atoms with Gasteiger partial charge in [-0.3, -0.25) is 4.79 Å². The topological polar surface area (TPSA) is 78.9 Å². The molecule has 0 aliphatic carbocycles.